The number of hydrogen-bond donors (Lipinski definition) is 1. The minimum Gasteiger partial charge on any atom is -0.266 e. The van der Waals surface area contributed by atoms with Gasteiger partial charge in [0.05, 0.1) is 0 Å². The van der Waals surface area contributed by atoms with Gasteiger partial charge in [0.15, 0.2) is 0 Å². The van der Waals surface area contributed by atoms with Gasteiger partial charge >= 0.3 is 0 Å². The second-order valence-corrected chi connectivity index (χ2v) is 9.69. The van der Waals surface area contributed by atoms with E-state index in [-0.39, 0.29) is 0 Å². The van der Waals surface area contributed by atoms with E-state index >= 15 is 0 Å². The Morgan fingerprint density at radius 3 is 1.67 bits per heavy atom. The Hall–Kier alpha value is 0.530. The minimum absolute atomic E-state index is 0.316. The van der Waals surface area contributed by atoms with Crippen LogP contribution in [0.2, 0.25) is 0 Å². The van der Waals surface area contributed by atoms with Crippen LogP contribution in [0.3, 0.4) is 0 Å². The first-order valence-electron chi connectivity index (χ1n) is 5.65. The Morgan fingerprint density at radius 2 is 1.47 bits per heavy atom. The van der Waals surface area contributed by atoms with E-state index in [2.05, 4.69) is 49.0 Å². The second kappa shape index (κ2) is 3.27. The zero-order valence-corrected chi connectivity index (χ0v) is 12.1. The van der Waals surface area contributed by atoms with Crippen molar-refractivity contribution < 1.29 is 0 Å². The van der Waals surface area contributed by atoms with Crippen LogP contribution in [0.15, 0.2) is 0 Å². The molecule has 0 spiro atoms. The van der Waals surface area contributed by atoms with Crippen LogP contribution in [-0.2, 0) is 11.8 Å². The maximum Gasteiger partial charge on any atom is 0.144 e. The highest BCUT2D eigenvalue weighted by atomic mass is 32.4. The average Bonchev–Trinajstić information content (AvgIpc) is 2.89. The lowest BCUT2D eigenvalue weighted by Crippen LogP contribution is -2.26. The van der Waals surface area contributed by atoms with Crippen LogP contribution in [0.25, 0.3) is 0 Å². The van der Waals surface area contributed by atoms with Gasteiger partial charge in [0.1, 0.15) is 6.49 Å². The number of hydrogen-bond acceptors (Lipinski definition) is 1. The van der Waals surface area contributed by atoms with Crippen LogP contribution in [0, 0.1) is 0 Å². The van der Waals surface area contributed by atoms with E-state index in [4.69, 9.17) is 11.8 Å². The molecule has 0 aromatic rings. The van der Waals surface area contributed by atoms with E-state index in [1.807, 2.05) is 0 Å². The molecule has 2 heterocycles. The molecular formula is C10H22N3PS. The van der Waals surface area contributed by atoms with Crippen LogP contribution < -0.4 is 5.09 Å². The van der Waals surface area contributed by atoms with Gasteiger partial charge in [-0.15, -0.1) is 0 Å². The van der Waals surface area contributed by atoms with Crippen molar-refractivity contribution in [3.8, 4) is 0 Å². The fraction of sp³-hybridized carbons (Fsp3) is 1.00. The van der Waals surface area contributed by atoms with Crippen molar-refractivity contribution in [3.05, 3.63) is 0 Å². The smallest absolute Gasteiger partial charge is 0.144 e. The van der Waals surface area contributed by atoms with E-state index in [0.29, 0.717) is 11.1 Å². The lowest BCUT2D eigenvalue weighted by molar-refractivity contribution is 0.568. The molecule has 2 aliphatic heterocycles. The maximum absolute atomic E-state index is 5.92. The highest BCUT2D eigenvalue weighted by Gasteiger charge is 2.60. The highest BCUT2D eigenvalue weighted by molar-refractivity contribution is 8.11. The SMILES string of the molecule is CCNP(=S)(N1CC1(C)C)N1CC1(C)C. The van der Waals surface area contributed by atoms with Gasteiger partial charge < -0.3 is 0 Å². The Balaban J connectivity index is 2.17. The summed E-state index contributed by atoms with van der Waals surface area (Å²) >= 11 is 5.92. The first-order chi connectivity index (χ1) is 6.74. The molecule has 2 saturated heterocycles. The van der Waals surface area contributed by atoms with Gasteiger partial charge in [-0.25, -0.2) is 9.34 Å². The topological polar surface area (TPSA) is 18.0 Å². The molecule has 0 saturated carbocycles. The summed E-state index contributed by atoms with van der Waals surface area (Å²) in [6.07, 6.45) is 0. The summed E-state index contributed by atoms with van der Waals surface area (Å²) in [6, 6.07) is 0. The molecule has 2 fully saturated rings. The Kier molecular flexibility index (Phi) is 2.61. The predicted octanol–water partition coefficient (Wildman–Crippen LogP) is 2.01. The molecular weight excluding hydrogens is 225 g/mol. The summed E-state index contributed by atoms with van der Waals surface area (Å²) in [6.45, 7) is 12.9. The van der Waals surface area contributed by atoms with Gasteiger partial charge in [-0.1, -0.05) is 6.92 Å². The summed E-state index contributed by atoms with van der Waals surface area (Å²) in [5.74, 6) is 0. The third kappa shape index (κ3) is 1.91. The molecule has 15 heavy (non-hydrogen) atoms. The fourth-order valence-corrected chi connectivity index (χ4v) is 7.71. The molecule has 2 atom stereocenters. The molecule has 0 amide bonds. The van der Waals surface area contributed by atoms with E-state index in [1.54, 1.807) is 0 Å². The molecule has 0 aromatic heterocycles. The van der Waals surface area contributed by atoms with Gasteiger partial charge in [0.25, 0.3) is 0 Å². The van der Waals surface area contributed by atoms with E-state index in [9.17, 15) is 0 Å². The summed E-state index contributed by atoms with van der Waals surface area (Å²) in [4.78, 5) is 0. The monoisotopic (exact) mass is 247 g/mol. The quantitative estimate of drug-likeness (QED) is 0.604. The van der Waals surface area contributed by atoms with Gasteiger partial charge in [-0.2, -0.15) is 0 Å². The molecule has 0 radical (unpaired) electrons. The molecule has 2 unspecified atom stereocenters. The van der Waals surface area contributed by atoms with Crippen molar-refractivity contribution in [1.29, 1.82) is 0 Å². The second-order valence-electron chi connectivity index (χ2n) is 5.80. The molecule has 2 aliphatic rings. The van der Waals surface area contributed by atoms with Crippen LogP contribution in [0.5, 0.6) is 0 Å². The summed E-state index contributed by atoms with van der Waals surface area (Å²) in [7, 11) is 0. The van der Waals surface area contributed by atoms with E-state index < -0.39 is 6.49 Å². The molecule has 1 N–H and O–H groups in total. The Morgan fingerprint density at radius 1 is 1.13 bits per heavy atom. The third-order valence-electron chi connectivity index (χ3n) is 3.28. The van der Waals surface area contributed by atoms with Crippen molar-refractivity contribution in [2.45, 2.75) is 45.7 Å². The van der Waals surface area contributed by atoms with Gasteiger partial charge in [0, 0.05) is 24.2 Å². The van der Waals surface area contributed by atoms with Gasteiger partial charge in [-0.3, -0.25) is 5.09 Å². The van der Waals surface area contributed by atoms with Crippen LogP contribution in [0.4, 0.5) is 0 Å². The molecule has 3 nitrogen and oxygen atoms in total. The molecule has 5 heteroatoms. The molecule has 2 rings (SSSR count). The van der Waals surface area contributed by atoms with Gasteiger partial charge in [-0.05, 0) is 46.0 Å². The van der Waals surface area contributed by atoms with Crippen molar-refractivity contribution in [3.63, 3.8) is 0 Å². The third-order valence-corrected chi connectivity index (χ3v) is 8.26. The van der Waals surface area contributed by atoms with E-state index in [1.165, 1.54) is 0 Å². The van der Waals surface area contributed by atoms with E-state index in [0.717, 1.165) is 19.6 Å². The molecule has 0 bridgehead atoms. The van der Waals surface area contributed by atoms with Crippen LogP contribution in [0.1, 0.15) is 34.6 Å². The normalized spacial score (nSPS) is 39.5. The number of rotatable bonds is 4. The molecule has 88 valence electrons. The predicted molar refractivity (Wildman–Crippen MR) is 69.5 cm³/mol. The fourth-order valence-electron chi connectivity index (χ4n) is 2.09. The summed E-state index contributed by atoms with van der Waals surface area (Å²) < 4.78 is 4.96. The van der Waals surface area contributed by atoms with Crippen molar-refractivity contribution in [2.75, 3.05) is 19.6 Å². The largest absolute Gasteiger partial charge is 0.266 e. The summed E-state index contributed by atoms with van der Waals surface area (Å²) in [5, 5.41) is 3.57. The number of nitrogens with zero attached hydrogens (tertiary/aromatic N) is 2. The number of nitrogens with one attached hydrogen (secondary N) is 1. The maximum atomic E-state index is 5.92. The Bertz CT molecular complexity index is 301. The van der Waals surface area contributed by atoms with Crippen LogP contribution >= 0.6 is 6.49 Å². The standard InChI is InChI=1S/C10H22N3PS/c1-6-11-14(15,12-7-9(12,2)3)13-8-10(13,4)5/h6-8H2,1-5H3,(H,11,15). The average molecular weight is 247 g/mol. The highest BCUT2D eigenvalue weighted by Crippen LogP contribution is 2.67. The van der Waals surface area contributed by atoms with Crippen molar-refractivity contribution >= 4 is 18.3 Å². The Labute approximate surface area is 98.4 Å². The first kappa shape index (κ1) is 12.0. The zero-order valence-electron chi connectivity index (χ0n) is 10.4. The molecule has 0 aromatic carbocycles. The zero-order chi connectivity index (χ0) is 11.5. The lowest BCUT2D eigenvalue weighted by atomic mass is 10.2. The van der Waals surface area contributed by atoms with Crippen LogP contribution in [-0.4, -0.2) is 40.1 Å². The minimum atomic E-state index is -1.63. The van der Waals surface area contributed by atoms with Gasteiger partial charge in [0.2, 0.25) is 0 Å². The lowest BCUT2D eigenvalue weighted by Gasteiger charge is -2.29. The van der Waals surface area contributed by atoms with Crippen molar-refractivity contribution in [1.82, 2.24) is 14.4 Å². The first-order valence-corrected chi connectivity index (χ1v) is 8.36. The molecule has 0 aliphatic carbocycles. The van der Waals surface area contributed by atoms with Crippen molar-refractivity contribution in [2.24, 2.45) is 0 Å². The summed E-state index contributed by atoms with van der Waals surface area (Å²) in [5.41, 5.74) is 0.632.